The summed E-state index contributed by atoms with van der Waals surface area (Å²) in [6.45, 7) is 0.758. The number of methoxy groups -OCH3 is 1. The molecule has 0 fully saturated rings. The number of aliphatic hydroxyl groups is 1. The smallest absolute Gasteiger partial charge is 0.119 e. The van der Waals surface area contributed by atoms with Gasteiger partial charge in [-0.1, -0.05) is 30.4 Å². The number of benzene rings is 2. The zero-order valence-electron chi connectivity index (χ0n) is 14.9. The molecule has 2 aromatic carbocycles. The van der Waals surface area contributed by atoms with Gasteiger partial charge in [0.25, 0.3) is 0 Å². The highest BCUT2D eigenvalue weighted by Gasteiger charge is 2.13. The van der Waals surface area contributed by atoms with Gasteiger partial charge in [-0.15, -0.1) is 0 Å². The Balaban J connectivity index is 1.54. The lowest BCUT2D eigenvalue weighted by molar-refractivity contribution is 0.0929. The van der Waals surface area contributed by atoms with Gasteiger partial charge in [0.15, 0.2) is 0 Å². The van der Waals surface area contributed by atoms with E-state index in [0.29, 0.717) is 6.54 Å². The summed E-state index contributed by atoms with van der Waals surface area (Å²) in [5, 5.41) is 14.3. The molecule has 1 N–H and O–H groups in total. The van der Waals surface area contributed by atoms with Crippen LogP contribution in [0.4, 0.5) is 0 Å². The largest absolute Gasteiger partial charge is 0.497 e. The molecule has 0 spiro atoms. The quantitative estimate of drug-likeness (QED) is 0.743. The monoisotopic (exact) mass is 349 g/mol. The number of nitrogens with zero attached hydrogens (tertiary/aromatic N) is 1. The van der Waals surface area contributed by atoms with E-state index in [1.54, 1.807) is 7.11 Å². The van der Waals surface area contributed by atoms with Gasteiger partial charge in [0, 0.05) is 21.5 Å². The Morgan fingerprint density at radius 2 is 1.73 bits per heavy atom. The molecular formula is C22H23NO3. The van der Waals surface area contributed by atoms with E-state index in [4.69, 9.17) is 9.47 Å². The zero-order valence-corrected chi connectivity index (χ0v) is 14.9. The number of para-hydroxylation sites is 1. The first kappa shape index (κ1) is 16.7. The number of hydrogen-bond acceptors (Lipinski definition) is 3. The number of ether oxygens (including phenoxy) is 2. The van der Waals surface area contributed by atoms with Crippen LogP contribution in [-0.2, 0) is 6.54 Å². The second-order valence-corrected chi connectivity index (χ2v) is 6.55. The summed E-state index contributed by atoms with van der Waals surface area (Å²) in [6, 6.07) is 15.8. The van der Waals surface area contributed by atoms with Crippen molar-refractivity contribution in [3.05, 3.63) is 59.1 Å². The molecule has 1 heterocycles. The van der Waals surface area contributed by atoms with Crippen molar-refractivity contribution >= 4 is 23.1 Å². The molecule has 0 saturated carbocycles. The second-order valence-electron chi connectivity index (χ2n) is 6.55. The predicted molar refractivity (Wildman–Crippen MR) is 104 cm³/mol. The molecule has 4 heteroatoms. The Bertz CT molecular complexity index is 1020. The fourth-order valence-corrected chi connectivity index (χ4v) is 3.56. The van der Waals surface area contributed by atoms with Gasteiger partial charge in [-0.2, -0.15) is 0 Å². The lowest BCUT2D eigenvalue weighted by Gasteiger charge is -2.15. The van der Waals surface area contributed by atoms with E-state index in [9.17, 15) is 5.11 Å². The van der Waals surface area contributed by atoms with E-state index < -0.39 is 6.10 Å². The molecule has 0 amide bonds. The number of aromatic nitrogens is 1. The maximum absolute atomic E-state index is 10.5. The first-order valence-corrected chi connectivity index (χ1v) is 8.99. The first-order chi connectivity index (χ1) is 12.8. The first-order valence-electron chi connectivity index (χ1n) is 8.99. The van der Waals surface area contributed by atoms with Gasteiger partial charge < -0.3 is 19.1 Å². The molecule has 1 atom stereocenters. The van der Waals surface area contributed by atoms with E-state index in [0.717, 1.165) is 29.9 Å². The Morgan fingerprint density at radius 1 is 1.00 bits per heavy atom. The van der Waals surface area contributed by atoms with E-state index in [1.807, 2.05) is 30.3 Å². The molecule has 1 aromatic heterocycles. The highest BCUT2D eigenvalue weighted by molar-refractivity contribution is 5.82. The van der Waals surface area contributed by atoms with Gasteiger partial charge in [-0.3, -0.25) is 0 Å². The Hall–Kier alpha value is -2.72. The van der Waals surface area contributed by atoms with Gasteiger partial charge in [0.2, 0.25) is 0 Å². The molecule has 0 saturated heterocycles. The molecule has 0 bridgehead atoms. The molecule has 26 heavy (non-hydrogen) atoms. The van der Waals surface area contributed by atoms with Crippen molar-refractivity contribution in [3.63, 3.8) is 0 Å². The maximum Gasteiger partial charge on any atom is 0.119 e. The summed E-state index contributed by atoms with van der Waals surface area (Å²) in [4.78, 5) is 0. The van der Waals surface area contributed by atoms with Crippen molar-refractivity contribution in [1.82, 2.24) is 4.57 Å². The average molecular weight is 349 g/mol. The molecule has 1 aliphatic carbocycles. The fraction of sp³-hybridized carbons (Fsp3) is 0.273. The minimum atomic E-state index is -0.590. The summed E-state index contributed by atoms with van der Waals surface area (Å²) in [6.07, 6.45) is 6.10. The van der Waals surface area contributed by atoms with Crippen molar-refractivity contribution in [2.24, 2.45) is 0 Å². The van der Waals surface area contributed by atoms with E-state index >= 15 is 0 Å². The minimum Gasteiger partial charge on any atom is -0.497 e. The molecule has 0 aliphatic heterocycles. The highest BCUT2D eigenvalue weighted by Crippen LogP contribution is 2.17. The van der Waals surface area contributed by atoms with Crippen LogP contribution in [0.1, 0.15) is 12.8 Å². The van der Waals surface area contributed by atoms with Crippen LogP contribution in [0, 0.1) is 0 Å². The van der Waals surface area contributed by atoms with Crippen LogP contribution in [0.15, 0.2) is 48.5 Å². The SMILES string of the molecule is COc1ccc(OCC(O)Cn2c3c(c4ccccc42)=CCCC=3)cc1. The summed E-state index contributed by atoms with van der Waals surface area (Å²) in [7, 11) is 1.64. The summed E-state index contributed by atoms with van der Waals surface area (Å²) in [5.41, 5.74) is 1.16. The molecule has 4 rings (SSSR count). The van der Waals surface area contributed by atoms with Crippen LogP contribution in [0.25, 0.3) is 23.1 Å². The van der Waals surface area contributed by atoms with Gasteiger partial charge >= 0.3 is 0 Å². The molecule has 134 valence electrons. The van der Waals surface area contributed by atoms with Gasteiger partial charge in [0.1, 0.15) is 24.2 Å². The third kappa shape index (κ3) is 3.20. The van der Waals surface area contributed by atoms with Crippen molar-refractivity contribution in [2.45, 2.75) is 25.5 Å². The topological polar surface area (TPSA) is 43.6 Å². The van der Waals surface area contributed by atoms with Crippen molar-refractivity contribution in [3.8, 4) is 11.5 Å². The Morgan fingerprint density at radius 3 is 2.54 bits per heavy atom. The Kier molecular flexibility index (Phi) is 4.67. The molecule has 4 nitrogen and oxygen atoms in total. The summed E-state index contributed by atoms with van der Waals surface area (Å²) >= 11 is 0. The van der Waals surface area contributed by atoms with E-state index in [2.05, 4.69) is 34.9 Å². The minimum absolute atomic E-state index is 0.247. The normalized spacial score (nSPS) is 14.2. The number of fused-ring (bicyclic) bond motifs is 3. The van der Waals surface area contributed by atoms with Gasteiger partial charge in [-0.25, -0.2) is 0 Å². The van der Waals surface area contributed by atoms with Crippen LogP contribution in [0.5, 0.6) is 11.5 Å². The maximum atomic E-state index is 10.5. The summed E-state index contributed by atoms with van der Waals surface area (Å²) in [5.74, 6) is 1.51. The highest BCUT2D eigenvalue weighted by atomic mass is 16.5. The standard InChI is InChI=1S/C22H23NO3/c1-25-17-10-12-18(13-11-17)26-15-16(24)14-23-21-8-4-2-6-19(21)20-7-3-5-9-22(20)23/h2,4,6-13,16,24H,3,5,14-15H2,1H3. The van der Waals surface area contributed by atoms with Crippen molar-refractivity contribution in [2.75, 3.05) is 13.7 Å². The van der Waals surface area contributed by atoms with Crippen LogP contribution in [0.3, 0.4) is 0 Å². The fourth-order valence-electron chi connectivity index (χ4n) is 3.56. The zero-order chi connectivity index (χ0) is 17.9. The number of aliphatic hydroxyl groups excluding tert-OH is 1. The molecule has 1 aliphatic rings. The van der Waals surface area contributed by atoms with Crippen molar-refractivity contribution < 1.29 is 14.6 Å². The molecule has 0 radical (unpaired) electrons. The summed E-state index contributed by atoms with van der Waals surface area (Å²) < 4.78 is 13.1. The van der Waals surface area contributed by atoms with Crippen LogP contribution >= 0.6 is 0 Å². The average Bonchev–Trinajstić information content (AvgIpc) is 3.01. The predicted octanol–water partition coefficient (Wildman–Crippen LogP) is 2.44. The molecular weight excluding hydrogens is 326 g/mol. The van der Waals surface area contributed by atoms with Crippen molar-refractivity contribution in [1.29, 1.82) is 0 Å². The van der Waals surface area contributed by atoms with Crippen LogP contribution in [-0.4, -0.2) is 29.5 Å². The third-order valence-electron chi connectivity index (χ3n) is 4.80. The van der Waals surface area contributed by atoms with E-state index in [-0.39, 0.29) is 6.61 Å². The van der Waals surface area contributed by atoms with Crippen LogP contribution in [0.2, 0.25) is 0 Å². The van der Waals surface area contributed by atoms with Gasteiger partial charge in [-0.05, 0) is 43.2 Å². The molecule has 3 aromatic rings. The van der Waals surface area contributed by atoms with Gasteiger partial charge in [0.05, 0.1) is 13.7 Å². The third-order valence-corrected chi connectivity index (χ3v) is 4.80. The number of hydrogen-bond donors (Lipinski definition) is 1. The Labute approximate surface area is 152 Å². The molecule has 1 unspecified atom stereocenters. The number of rotatable bonds is 6. The lowest BCUT2D eigenvalue weighted by atomic mass is 10.1. The lowest BCUT2D eigenvalue weighted by Crippen LogP contribution is -2.35. The van der Waals surface area contributed by atoms with E-state index in [1.165, 1.54) is 16.0 Å². The van der Waals surface area contributed by atoms with Crippen LogP contribution < -0.4 is 20.0 Å². The second kappa shape index (κ2) is 7.26.